The molecular weight excluding hydrogens is 292 g/mol. The van der Waals surface area contributed by atoms with Gasteiger partial charge in [-0.15, -0.1) is 0 Å². The predicted molar refractivity (Wildman–Crippen MR) is 79.9 cm³/mol. The highest BCUT2D eigenvalue weighted by molar-refractivity contribution is 7.89. The average Bonchev–Trinajstić information content (AvgIpc) is 2.47. The largest absolute Gasteiger partial charge is 0.481 e. The van der Waals surface area contributed by atoms with Gasteiger partial charge in [-0.25, -0.2) is 13.1 Å². The maximum Gasteiger partial charge on any atom is 0.308 e. The average molecular weight is 312 g/mol. The van der Waals surface area contributed by atoms with Crippen molar-refractivity contribution in [2.45, 2.75) is 24.7 Å². The van der Waals surface area contributed by atoms with Crippen molar-refractivity contribution in [1.29, 1.82) is 0 Å². The van der Waals surface area contributed by atoms with Crippen LogP contribution in [0, 0.1) is 5.92 Å². The van der Waals surface area contributed by atoms with E-state index >= 15 is 0 Å². The lowest BCUT2D eigenvalue weighted by molar-refractivity contribution is -0.141. The Labute approximate surface area is 124 Å². The smallest absolute Gasteiger partial charge is 0.308 e. The van der Waals surface area contributed by atoms with Gasteiger partial charge in [0.05, 0.1) is 11.6 Å². The monoisotopic (exact) mass is 312 g/mol. The molecule has 0 aromatic heterocycles. The van der Waals surface area contributed by atoms with E-state index in [4.69, 9.17) is 5.11 Å². The lowest BCUT2D eigenvalue weighted by Gasteiger charge is -2.33. The van der Waals surface area contributed by atoms with E-state index in [1.54, 1.807) is 31.2 Å². The number of carboxylic acids is 1. The summed E-state index contributed by atoms with van der Waals surface area (Å²) in [5.74, 6) is -1.28. The third-order valence-corrected chi connectivity index (χ3v) is 5.19. The van der Waals surface area contributed by atoms with Crippen molar-refractivity contribution < 1.29 is 18.3 Å². The molecule has 0 amide bonds. The lowest BCUT2D eigenvalue weighted by Crippen LogP contribution is -2.39. The van der Waals surface area contributed by atoms with Gasteiger partial charge in [-0.1, -0.05) is 19.1 Å². The van der Waals surface area contributed by atoms with Crippen LogP contribution in [0.25, 0.3) is 0 Å². The third kappa shape index (κ3) is 3.54. The number of benzene rings is 1. The van der Waals surface area contributed by atoms with Gasteiger partial charge in [0.1, 0.15) is 4.90 Å². The normalized spacial score (nSPS) is 19.5. The zero-order valence-corrected chi connectivity index (χ0v) is 12.8. The van der Waals surface area contributed by atoms with E-state index in [-0.39, 0.29) is 4.90 Å². The molecule has 21 heavy (non-hydrogen) atoms. The summed E-state index contributed by atoms with van der Waals surface area (Å²) in [6.07, 6.45) is 1.38. The molecule has 0 radical (unpaired) electrons. The highest BCUT2D eigenvalue weighted by atomic mass is 32.2. The Hall–Kier alpha value is -1.60. The Morgan fingerprint density at radius 3 is 2.81 bits per heavy atom. The number of sulfonamides is 1. The highest BCUT2D eigenvalue weighted by Crippen LogP contribution is 2.29. The van der Waals surface area contributed by atoms with Crippen LogP contribution in [-0.2, 0) is 14.8 Å². The van der Waals surface area contributed by atoms with Crippen molar-refractivity contribution in [3.8, 4) is 0 Å². The summed E-state index contributed by atoms with van der Waals surface area (Å²) >= 11 is 0. The molecule has 0 aliphatic carbocycles. The first-order valence-electron chi connectivity index (χ1n) is 7.02. The fourth-order valence-corrected chi connectivity index (χ4v) is 3.88. The molecule has 7 heteroatoms. The minimum Gasteiger partial charge on any atom is -0.481 e. The second-order valence-corrected chi connectivity index (χ2v) is 6.83. The van der Waals surface area contributed by atoms with E-state index in [0.717, 1.165) is 6.42 Å². The number of para-hydroxylation sites is 1. The minimum absolute atomic E-state index is 0.206. The zero-order valence-electron chi connectivity index (χ0n) is 11.9. The van der Waals surface area contributed by atoms with Crippen LogP contribution >= 0.6 is 0 Å². The second-order valence-electron chi connectivity index (χ2n) is 5.09. The number of nitrogens with one attached hydrogen (secondary N) is 1. The van der Waals surface area contributed by atoms with E-state index in [0.29, 0.717) is 31.7 Å². The Kier molecular flexibility index (Phi) is 4.84. The standard InChI is InChI=1S/C14H20N2O4S/c1-2-15-21(19,20)13-8-4-3-7-12(13)16-9-5-6-11(10-16)14(17)18/h3-4,7-8,11,15H,2,5-6,9-10H2,1H3,(H,17,18). The molecule has 1 aliphatic rings. The molecule has 1 saturated heterocycles. The molecule has 1 atom stereocenters. The van der Waals surface area contributed by atoms with Crippen molar-refractivity contribution in [3.63, 3.8) is 0 Å². The van der Waals surface area contributed by atoms with Gasteiger partial charge in [0.25, 0.3) is 0 Å². The van der Waals surface area contributed by atoms with Crippen molar-refractivity contribution >= 4 is 21.7 Å². The van der Waals surface area contributed by atoms with E-state index < -0.39 is 21.9 Å². The van der Waals surface area contributed by atoms with E-state index in [1.165, 1.54) is 0 Å². The van der Waals surface area contributed by atoms with Gasteiger partial charge in [-0.3, -0.25) is 4.79 Å². The molecule has 6 nitrogen and oxygen atoms in total. The third-order valence-electron chi connectivity index (χ3n) is 3.60. The van der Waals surface area contributed by atoms with Crippen LogP contribution in [0.4, 0.5) is 5.69 Å². The van der Waals surface area contributed by atoms with Crippen LogP contribution in [0.3, 0.4) is 0 Å². The van der Waals surface area contributed by atoms with Crippen molar-refractivity contribution in [1.82, 2.24) is 4.72 Å². The summed E-state index contributed by atoms with van der Waals surface area (Å²) in [4.78, 5) is 13.2. The van der Waals surface area contributed by atoms with Crippen LogP contribution < -0.4 is 9.62 Å². The van der Waals surface area contributed by atoms with Gasteiger partial charge in [0, 0.05) is 19.6 Å². The summed E-state index contributed by atoms with van der Waals surface area (Å²) in [5.41, 5.74) is 0.574. The molecule has 2 N–H and O–H groups in total. The van der Waals surface area contributed by atoms with Gasteiger partial charge >= 0.3 is 5.97 Å². The second kappa shape index (κ2) is 6.44. The van der Waals surface area contributed by atoms with E-state index in [1.807, 2.05) is 4.90 Å². The van der Waals surface area contributed by atoms with Gasteiger partial charge < -0.3 is 10.0 Å². The molecule has 1 aromatic rings. The molecule has 1 unspecified atom stereocenters. The number of carboxylic acid groups (broad SMARTS) is 1. The molecule has 1 fully saturated rings. The van der Waals surface area contributed by atoms with Crippen LogP contribution in [-0.4, -0.2) is 39.1 Å². The minimum atomic E-state index is -3.57. The lowest BCUT2D eigenvalue weighted by atomic mass is 9.98. The number of rotatable bonds is 5. The summed E-state index contributed by atoms with van der Waals surface area (Å²) in [6, 6.07) is 6.73. The fraction of sp³-hybridized carbons (Fsp3) is 0.500. The van der Waals surface area contributed by atoms with Crippen molar-refractivity contribution in [2.24, 2.45) is 5.92 Å². The van der Waals surface area contributed by atoms with Gasteiger partial charge in [-0.05, 0) is 25.0 Å². The van der Waals surface area contributed by atoms with Crippen LogP contribution in [0.5, 0.6) is 0 Å². The maximum atomic E-state index is 12.3. The Balaban J connectivity index is 2.34. The molecule has 2 rings (SSSR count). The van der Waals surface area contributed by atoms with Gasteiger partial charge in [-0.2, -0.15) is 0 Å². The number of nitrogens with zero attached hydrogens (tertiary/aromatic N) is 1. The van der Waals surface area contributed by atoms with Crippen molar-refractivity contribution in [2.75, 3.05) is 24.5 Å². The van der Waals surface area contributed by atoms with Crippen LogP contribution in [0.2, 0.25) is 0 Å². The fourth-order valence-electron chi connectivity index (χ4n) is 2.61. The first-order valence-corrected chi connectivity index (χ1v) is 8.50. The molecule has 1 aromatic carbocycles. The van der Waals surface area contributed by atoms with Crippen LogP contribution in [0.1, 0.15) is 19.8 Å². The number of anilines is 1. The molecule has 1 heterocycles. The molecule has 116 valence electrons. The summed E-state index contributed by atoms with van der Waals surface area (Å²) in [6.45, 7) is 3.05. The number of hydrogen-bond acceptors (Lipinski definition) is 4. The number of aliphatic carboxylic acids is 1. The SMILES string of the molecule is CCNS(=O)(=O)c1ccccc1N1CCCC(C(=O)O)C1. The highest BCUT2D eigenvalue weighted by Gasteiger charge is 2.28. The van der Waals surface area contributed by atoms with E-state index in [9.17, 15) is 13.2 Å². The summed E-state index contributed by atoms with van der Waals surface area (Å²) < 4.78 is 27.0. The number of piperidine rings is 1. The first-order chi connectivity index (χ1) is 9.95. The summed E-state index contributed by atoms with van der Waals surface area (Å²) in [5, 5.41) is 9.16. The molecule has 0 spiro atoms. The first kappa shape index (κ1) is 15.8. The number of hydrogen-bond donors (Lipinski definition) is 2. The topological polar surface area (TPSA) is 86.7 Å². The molecule has 0 saturated carbocycles. The molecule has 1 aliphatic heterocycles. The quantitative estimate of drug-likeness (QED) is 0.855. The van der Waals surface area contributed by atoms with E-state index in [2.05, 4.69) is 4.72 Å². The Bertz CT molecular complexity index is 615. The zero-order chi connectivity index (χ0) is 15.5. The van der Waals surface area contributed by atoms with Gasteiger partial charge in [0.15, 0.2) is 0 Å². The number of carbonyl (C=O) groups is 1. The maximum absolute atomic E-state index is 12.3. The molecule has 0 bridgehead atoms. The molecular formula is C14H20N2O4S. The Morgan fingerprint density at radius 2 is 2.14 bits per heavy atom. The predicted octanol–water partition coefficient (Wildman–Crippen LogP) is 1.29. The van der Waals surface area contributed by atoms with Gasteiger partial charge in [0.2, 0.25) is 10.0 Å². The Morgan fingerprint density at radius 1 is 1.43 bits per heavy atom. The van der Waals surface area contributed by atoms with Crippen molar-refractivity contribution in [3.05, 3.63) is 24.3 Å². The van der Waals surface area contributed by atoms with Crippen LogP contribution in [0.15, 0.2) is 29.2 Å². The summed E-state index contributed by atoms with van der Waals surface area (Å²) in [7, 11) is -3.57.